The highest BCUT2D eigenvalue weighted by Crippen LogP contribution is 2.22. The normalized spacial score (nSPS) is 14.4. The highest BCUT2D eigenvalue weighted by Gasteiger charge is 2.14. The summed E-state index contributed by atoms with van der Waals surface area (Å²) in [5, 5.41) is 4.16. The molecule has 0 amide bonds. The van der Waals surface area contributed by atoms with Crippen LogP contribution in [0.5, 0.6) is 5.75 Å². The minimum Gasteiger partial charge on any atom is -0.496 e. The molecule has 1 aliphatic rings. The fourth-order valence-corrected chi connectivity index (χ4v) is 3.80. The Hall–Kier alpha value is -2.15. The molecule has 29 heavy (non-hydrogen) atoms. The molecule has 0 bridgehead atoms. The van der Waals surface area contributed by atoms with Crippen LogP contribution in [-0.4, -0.2) is 61.4 Å². The van der Waals surface area contributed by atoms with Crippen molar-refractivity contribution in [3.05, 3.63) is 59.7 Å². The Balaban J connectivity index is 1.62. The van der Waals surface area contributed by atoms with Crippen molar-refractivity contribution < 1.29 is 9.47 Å². The number of rotatable bonds is 8. The van der Waals surface area contributed by atoms with Crippen LogP contribution in [0.1, 0.15) is 17.5 Å². The lowest BCUT2D eigenvalue weighted by molar-refractivity contribution is 0.0368. The van der Waals surface area contributed by atoms with Crippen molar-refractivity contribution in [1.29, 1.82) is 0 Å². The van der Waals surface area contributed by atoms with Crippen molar-refractivity contribution in [1.82, 2.24) is 9.80 Å². The molecule has 1 saturated heterocycles. The Morgan fingerprint density at radius 3 is 2.62 bits per heavy atom. The summed E-state index contributed by atoms with van der Waals surface area (Å²) in [7, 11) is 1.69. The number of benzene rings is 2. The van der Waals surface area contributed by atoms with Crippen molar-refractivity contribution in [3.63, 3.8) is 0 Å². The maximum absolute atomic E-state index is 5.78. The summed E-state index contributed by atoms with van der Waals surface area (Å²) in [6.07, 6.45) is 1.07. The van der Waals surface area contributed by atoms with Gasteiger partial charge in [-0.25, -0.2) is 0 Å². The number of hydrogen-bond donors (Lipinski definition) is 1. The molecule has 1 N–H and O–H groups in total. The van der Waals surface area contributed by atoms with Crippen molar-refractivity contribution in [3.8, 4) is 5.75 Å². The van der Waals surface area contributed by atoms with E-state index in [2.05, 4.69) is 45.4 Å². The number of nitrogens with zero attached hydrogens (tertiary/aromatic N) is 2. The molecule has 0 spiro atoms. The summed E-state index contributed by atoms with van der Waals surface area (Å²) in [5.74, 6) is 0.883. The van der Waals surface area contributed by atoms with E-state index in [9.17, 15) is 0 Å². The lowest BCUT2D eigenvalue weighted by Gasteiger charge is -2.29. The van der Waals surface area contributed by atoms with Gasteiger partial charge in [-0.2, -0.15) is 0 Å². The van der Waals surface area contributed by atoms with Gasteiger partial charge in [-0.1, -0.05) is 30.3 Å². The number of morpholine rings is 1. The minimum atomic E-state index is 0.750. The Labute approximate surface area is 179 Å². The molecule has 3 rings (SSSR count). The zero-order valence-electron chi connectivity index (χ0n) is 17.4. The molecule has 0 saturated carbocycles. The van der Waals surface area contributed by atoms with Gasteiger partial charge in [-0.15, -0.1) is 0 Å². The number of ether oxygens (including phenoxy) is 2. The molecule has 6 heteroatoms. The molecule has 0 aromatic heterocycles. The lowest BCUT2D eigenvalue weighted by atomic mass is 10.2. The fraction of sp³-hybridized carbons (Fsp3) is 0.435. The number of nitrogens with one attached hydrogen (secondary N) is 1. The first-order chi connectivity index (χ1) is 14.2. The number of anilines is 1. The maximum atomic E-state index is 5.78. The number of methoxy groups -OCH3 is 1. The molecule has 156 valence electrons. The second-order valence-electron chi connectivity index (χ2n) is 7.33. The first kappa shape index (κ1) is 21.6. The average molecular weight is 414 g/mol. The fourth-order valence-electron chi connectivity index (χ4n) is 3.52. The van der Waals surface area contributed by atoms with Crippen LogP contribution in [0.3, 0.4) is 0 Å². The second kappa shape index (κ2) is 11.1. The summed E-state index contributed by atoms with van der Waals surface area (Å²) in [6, 6.07) is 16.5. The van der Waals surface area contributed by atoms with Gasteiger partial charge in [0, 0.05) is 38.4 Å². The molecule has 1 aliphatic heterocycles. The van der Waals surface area contributed by atoms with Gasteiger partial charge in [0.25, 0.3) is 0 Å². The summed E-state index contributed by atoms with van der Waals surface area (Å²) in [4.78, 5) is 4.72. The third kappa shape index (κ3) is 6.70. The lowest BCUT2D eigenvalue weighted by Crippen LogP contribution is -2.40. The van der Waals surface area contributed by atoms with Crippen molar-refractivity contribution in [2.45, 2.75) is 19.9 Å². The molecule has 0 atom stereocenters. The number of aryl methyl sites for hydroxylation is 1. The predicted octanol–water partition coefficient (Wildman–Crippen LogP) is 3.92. The van der Waals surface area contributed by atoms with Crippen LogP contribution >= 0.6 is 12.2 Å². The Bertz CT molecular complexity index is 779. The Morgan fingerprint density at radius 2 is 1.93 bits per heavy atom. The van der Waals surface area contributed by atoms with Crippen LogP contribution in [0.4, 0.5) is 5.69 Å². The number of hydrogen-bond acceptors (Lipinski definition) is 4. The second-order valence-corrected chi connectivity index (χ2v) is 7.72. The van der Waals surface area contributed by atoms with E-state index in [1.807, 2.05) is 25.1 Å². The molecule has 0 aliphatic carbocycles. The van der Waals surface area contributed by atoms with Gasteiger partial charge in [-0.3, -0.25) is 4.90 Å². The smallest absolute Gasteiger partial charge is 0.173 e. The van der Waals surface area contributed by atoms with Crippen LogP contribution in [0.25, 0.3) is 0 Å². The molecule has 0 radical (unpaired) electrons. The molecule has 0 unspecified atom stereocenters. The molecule has 1 fully saturated rings. The van der Waals surface area contributed by atoms with Gasteiger partial charge in [0.15, 0.2) is 5.11 Å². The summed E-state index contributed by atoms with van der Waals surface area (Å²) < 4.78 is 10.8. The van der Waals surface area contributed by atoms with Crippen LogP contribution in [0, 0.1) is 6.92 Å². The third-order valence-corrected chi connectivity index (χ3v) is 5.52. The van der Waals surface area contributed by atoms with Crippen LogP contribution < -0.4 is 10.1 Å². The third-order valence-electron chi connectivity index (χ3n) is 5.16. The van der Waals surface area contributed by atoms with Crippen molar-refractivity contribution >= 4 is 23.0 Å². The maximum Gasteiger partial charge on any atom is 0.173 e. The van der Waals surface area contributed by atoms with Gasteiger partial charge in [0.05, 0.1) is 20.3 Å². The van der Waals surface area contributed by atoms with Gasteiger partial charge in [0.1, 0.15) is 5.75 Å². The average Bonchev–Trinajstić information content (AvgIpc) is 2.74. The predicted molar refractivity (Wildman–Crippen MR) is 123 cm³/mol. The number of thiocarbonyl (C=S) groups is 1. The van der Waals surface area contributed by atoms with Gasteiger partial charge >= 0.3 is 0 Å². The SMILES string of the molecule is COc1ccc(NC(=S)N(CCCN2CCOCC2)Cc2ccccc2)cc1C. The summed E-state index contributed by atoms with van der Waals surface area (Å²) in [6.45, 7) is 8.53. The van der Waals surface area contributed by atoms with Crippen molar-refractivity contribution in [2.75, 3.05) is 51.8 Å². The van der Waals surface area contributed by atoms with E-state index >= 15 is 0 Å². The van der Waals surface area contributed by atoms with E-state index in [0.29, 0.717) is 0 Å². The Kier molecular flexibility index (Phi) is 8.28. The standard InChI is InChI=1S/C23H31N3O2S/c1-19-17-21(9-10-22(19)27-2)24-23(29)26(18-20-7-4-3-5-8-20)12-6-11-25-13-15-28-16-14-25/h3-5,7-10,17H,6,11-16,18H2,1-2H3,(H,24,29). The van der Waals surface area contributed by atoms with Crippen molar-refractivity contribution in [2.24, 2.45) is 0 Å². The summed E-state index contributed by atoms with van der Waals surface area (Å²) in [5.41, 5.74) is 3.33. The largest absolute Gasteiger partial charge is 0.496 e. The molecule has 1 heterocycles. The highest BCUT2D eigenvalue weighted by atomic mass is 32.1. The van der Waals surface area contributed by atoms with Gasteiger partial charge < -0.3 is 19.7 Å². The molecule has 5 nitrogen and oxygen atoms in total. The van der Waals surface area contributed by atoms with Crippen LogP contribution in [0.2, 0.25) is 0 Å². The summed E-state index contributed by atoms with van der Waals surface area (Å²) >= 11 is 5.78. The van der Waals surface area contributed by atoms with Gasteiger partial charge in [0.2, 0.25) is 0 Å². The quantitative estimate of drug-likeness (QED) is 0.661. The Morgan fingerprint density at radius 1 is 1.17 bits per heavy atom. The van der Waals surface area contributed by atoms with Gasteiger partial charge in [-0.05, 0) is 54.9 Å². The van der Waals surface area contributed by atoms with E-state index in [1.165, 1.54) is 5.56 Å². The van der Waals surface area contributed by atoms with E-state index in [-0.39, 0.29) is 0 Å². The van der Waals surface area contributed by atoms with Crippen LogP contribution in [-0.2, 0) is 11.3 Å². The highest BCUT2D eigenvalue weighted by molar-refractivity contribution is 7.80. The topological polar surface area (TPSA) is 37.0 Å². The first-order valence-corrected chi connectivity index (χ1v) is 10.6. The first-order valence-electron chi connectivity index (χ1n) is 10.2. The van der Waals surface area contributed by atoms with E-state index in [4.69, 9.17) is 21.7 Å². The zero-order chi connectivity index (χ0) is 20.5. The van der Waals surface area contributed by atoms with E-state index < -0.39 is 0 Å². The molecular formula is C23H31N3O2S. The van der Waals surface area contributed by atoms with E-state index in [0.717, 1.165) is 74.5 Å². The molecular weight excluding hydrogens is 382 g/mol. The van der Waals surface area contributed by atoms with E-state index in [1.54, 1.807) is 7.11 Å². The minimum absolute atomic E-state index is 0.750. The molecule has 2 aromatic carbocycles. The zero-order valence-corrected chi connectivity index (χ0v) is 18.2. The monoisotopic (exact) mass is 413 g/mol. The molecule has 2 aromatic rings. The van der Waals surface area contributed by atoms with Crippen LogP contribution in [0.15, 0.2) is 48.5 Å².